The number of carbonyl (C=O) groups is 1. The Balaban J connectivity index is 2.14. The fourth-order valence-electron chi connectivity index (χ4n) is 1.31. The van der Waals surface area contributed by atoms with Gasteiger partial charge in [0.05, 0.1) is 6.61 Å². The van der Waals surface area contributed by atoms with Crippen LogP contribution in [-0.4, -0.2) is 37.3 Å². The lowest BCUT2D eigenvalue weighted by Gasteiger charge is -2.05. The molecule has 0 atom stereocenters. The third-order valence-corrected chi connectivity index (χ3v) is 2.17. The van der Waals surface area contributed by atoms with Crippen LogP contribution in [0.4, 0.5) is 0 Å². The van der Waals surface area contributed by atoms with Crippen LogP contribution in [0.5, 0.6) is 5.75 Å². The molecule has 0 aliphatic heterocycles. The Morgan fingerprint density at radius 3 is 2.71 bits per heavy atom. The van der Waals surface area contributed by atoms with E-state index in [0.29, 0.717) is 19.7 Å². The lowest BCUT2D eigenvalue weighted by Crippen LogP contribution is -2.30. The monoisotopic (exact) mass is 238 g/mol. The molecule has 1 aromatic rings. The SMILES string of the molecule is NCCOCC(=O)NCCc1ccc(O)cc1. The fraction of sp³-hybridized carbons (Fsp3) is 0.417. The first kappa shape index (κ1) is 13.5. The molecule has 0 unspecified atom stereocenters. The van der Waals surface area contributed by atoms with E-state index in [-0.39, 0.29) is 18.3 Å². The van der Waals surface area contributed by atoms with E-state index < -0.39 is 0 Å². The molecular weight excluding hydrogens is 220 g/mol. The van der Waals surface area contributed by atoms with Crippen LogP contribution in [-0.2, 0) is 16.0 Å². The Labute approximate surface area is 101 Å². The van der Waals surface area contributed by atoms with E-state index >= 15 is 0 Å². The van der Waals surface area contributed by atoms with E-state index in [2.05, 4.69) is 5.32 Å². The van der Waals surface area contributed by atoms with Crippen LogP contribution in [0.1, 0.15) is 5.56 Å². The van der Waals surface area contributed by atoms with Gasteiger partial charge in [-0.25, -0.2) is 0 Å². The zero-order chi connectivity index (χ0) is 12.5. The molecule has 0 heterocycles. The molecule has 5 nitrogen and oxygen atoms in total. The van der Waals surface area contributed by atoms with E-state index in [0.717, 1.165) is 12.0 Å². The minimum Gasteiger partial charge on any atom is -0.508 e. The number of aromatic hydroxyl groups is 1. The third-order valence-electron chi connectivity index (χ3n) is 2.17. The second kappa shape index (κ2) is 7.65. The van der Waals surface area contributed by atoms with Gasteiger partial charge >= 0.3 is 0 Å². The summed E-state index contributed by atoms with van der Waals surface area (Å²) in [4.78, 5) is 11.2. The molecule has 1 rings (SSSR count). The van der Waals surface area contributed by atoms with E-state index in [4.69, 9.17) is 15.6 Å². The predicted molar refractivity (Wildman–Crippen MR) is 64.7 cm³/mol. The summed E-state index contributed by atoms with van der Waals surface area (Å²) in [6.07, 6.45) is 0.725. The number of nitrogens with two attached hydrogens (primary N) is 1. The summed E-state index contributed by atoms with van der Waals surface area (Å²) in [5.74, 6) is 0.102. The number of ether oxygens (including phenoxy) is 1. The largest absolute Gasteiger partial charge is 0.508 e. The quantitative estimate of drug-likeness (QED) is 0.585. The van der Waals surface area contributed by atoms with Crippen molar-refractivity contribution in [3.05, 3.63) is 29.8 Å². The van der Waals surface area contributed by atoms with Crippen LogP contribution < -0.4 is 11.1 Å². The van der Waals surface area contributed by atoms with Crippen molar-refractivity contribution in [2.45, 2.75) is 6.42 Å². The Morgan fingerprint density at radius 1 is 1.35 bits per heavy atom. The van der Waals surface area contributed by atoms with Crippen LogP contribution in [0.15, 0.2) is 24.3 Å². The smallest absolute Gasteiger partial charge is 0.246 e. The summed E-state index contributed by atoms with van der Waals surface area (Å²) in [7, 11) is 0. The average molecular weight is 238 g/mol. The molecule has 5 heteroatoms. The van der Waals surface area contributed by atoms with Gasteiger partial charge in [0.15, 0.2) is 0 Å². The molecule has 0 saturated heterocycles. The summed E-state index contributed by atoms with van der Waals surface area (Å²) >= 11 is 0. The van der Waals surface area contributed by atoms with E-state index in [1.165, 1.54) is 0 Å². The molecule has 0 bridgehead atoms. The van der Waals surface area contributed by atoms with Crippen molar-refractivity contribution in [3.8, 4) is 5.75 Å². The first-order chi connectivity index (χ1) is 8.22. The maximum absolute atomic E-state index is 11.2. The van der Waals surface area contributed by atoms with Crippen molar-refractivity contribution in [1.29, 1.82) is 0 Å². The normalized spacial score (nSPS) is 10.2. The second-order valence-corrected chi connectivity index (χ2v) is 3.61. The standard InChI is InChI=1S/C12H18N2O3/c13-6-8-17-9-12(16)14-7-5-10-1-3-11(15)4-2-10/h1-4,15H,5-9,13H2,(H,14,16). The first-order valence-electron chi connectivity index (χ1n) is 5.55. The molecule has 0 aliphatic carbocycles. The number of hydrogen-bond donors (Lipinski definition) is 3. The number of hydrogen-bond acceptors (Lipinski definition) is 4. The number of amides is 1. The van der Waals surface area contributed by atoms with Crippen LogP contribution in [0.3, 0.4) is 0 Å². The van der Waals surface area contributed by atoms with Crippen molar-refractivity contribution in [2.75, 3.05) is 26.3 Å². The van der Waals surface area contributed by atoms with Gasteiger partial charge in [0, 0.05) is 13.1 Å². The van der Waals surface area contributed by atoms with Gasteiger partial charge in [0.25, 0.3) is 0 Å². The maximum atomic E-state index is 11.2. The summed E-state index contributed by atoms with van der Waals surface area (Å²) in [6.45, 7) is 1.41. The number of phenols is 1. The number of carbonyl (C=O) groups excluding carboxylic acids is 1. The summed E-state index contributed by atoms with van der Waals surface area (Å²) in [5.41, 5.74) is 6.29. The third kappa shape index (κ3) is 5.89. The molecule has 1 amide bonds. The summed E-state index contributed by atoms with van der Waals surface area (Å²) in [6, 6.07) is 6.90. The number of rotatable bonds is 7. The Kier molecular flexibility index (Phi) is 6.06. The zero-order valence-electron chi connectivity index (χ0n) is 9.69. The minimum atomic E-state index is -0.141. The van der Waals surface area contributed by atoms with Crippen molar-refractivity contribution in [2.24, 2.45) is 5.73 Å². The highest BCUT2D eigenvalue weighted by molar-refractivity contribution is 5.77. The number of benzene rings is 1. The zero-order valence-corrected chi connectivity index (χ0v) is 9.69. The van der Waals surface area contributed by atoms with E-state index in [9.17, 15) is 4.79 Å². The van der Waals surface area contributed by atoms with Gasteiger partial charge < -0.3 is 20.9 Å². The highest BCUT2D eigenvalue weighted by Crippen LogP contribution is 2.09. The Hall–Kier alpha value is -1.59. The Bertz CT molecular complexity index is 338. The van der Waals surface area contributed by atoms with Crippen molar-refractivity contribution < 1.29 is 14.6 Å². The molecule has 17 heavy (non-hydrogen) atoms. The maximum Gasteiger partial charge on any atom is 0.246 e. The van der Waals surface area contributed by atoms with E-state index in [1.54, 1.807) is 12.1 Å². The van der Waals surface area contributed by atoms with Gasteiger partial charge in [0.1, 0.15) is 12.4 Å². The van der Waals surface area contributed by atoms with Gasteiger partial charge in [-0.05, 0) is 24.1 Å². The molecule has 0 spiro atoms. The lowest BCUT2D eigenvalue weighted by molar-refractivity contribution is -0.125. The van der Waals surface area contributed by atoms with Crippen molar-refractivity contribution >= 4 is 5.91 Å². The average Bonchev–Trinajstić information content (AvgIpc) is 2.32. The van der Waals surface area contributed by atoms with Crippen LogP contribution >= 0.6 is 0 Å². The molecule has 0 aromatic heterocycles. The molecule has 94 valence electrons. The molecule has 0 saturated carbocycles. The molecular formula is C12H18N2O3. The number of nitrogens with one attached hydrogen (secondary N) is 1. The van der Waals surface area contributed by atoms with Gasteiger partial charge in [-0.1, -0.05) is 12.1 Å². The minimum absolute atomic E-state index is 0.0484. The van der Waals surface area contributed by atoms with Crippen LogP contribution in [0.2, 0.25) is 0 Å². The van der Waals surface area contributed by atoms with Gasteiger partial charge in [-0.2, -0.15) is 0 Å². The van der Waals surface area contributed by atoms with Crippen LogP contribution in [0, 0.1) is 0 Å². The molecule has 0 radical (unpaired) electrons. The highest BCUT2D eigenvalue weighted by Gasteiger charge is 2.00. The van der Waals surface area contributed by atoms with Crippen LogP contribution in [0.25, 0.3) is 0 Å². The number of phenolic OH excluding ortho intramolecular Hbond substituents is 1. The fourth-order valence-corrected chi connectivity index (χ4v) is 1.31. The van der Waals surface area contributed by atoms with E-state index in [1.807, 2.05) is 12.1 Å². The molecule has 0 aliphatic rings. The first-order valence-corrected chi connectivity index (χ1v) is 5.55. The Morgan fingerprint density at radius 2 is 2.06 bits per heavy atom. The lowest BCUT2D eigenvalue weighted by atomic mass is 10.1. The van der Waals surface area contributed by atoms with Gasteiger partial charge in [0.2, 0.25) is 5.91 Å². The predicted octanol–water partition coefficient (Wildman–Crippen LogP) is 0.0262. The summed E-state index contributed by atoms with van der Waals surface area (Å²) in [5, 5.41) is 11.8. The summed E-state index contributed by atoms with van der Waals surface area (Å²) < 4.78 is 4.99. The molecule has 1 aromatic carbocycles. The van der Waals surface area contributed by atoms with Crippen molar-refractivity contribution in [3.63, 3.8) is 0 Å². The molecule has 0 fully saturated rings. The molecule has 4 N–H and O–H groups in total. The van der Waals surface area contributed by atoms with Crippen molar-refractivity contribution in [1.82, 2.24) is 5.32 Å². The topological polar surface area (TPSA) is 84.6 Å². The van der Waals surface area contributed by atoms with Gasteiger partial charge in [-0.3, -0.25) is 4.79 Å². The highest BCUT2D eigenvalue weighted by atomic mass is 16.5. The van der Waals surface area contributed by atoms with Gasteiger partial charge in [-0.15, -0.1) is 0 Å². The second-order valence-electron chi connectivity index (χ2n) is 3.61.